The molecule has 1 saturated heterocycles. The minimum absolute atomic E-state index is 0.0892. The number of ether oxygens (including phenoxy) is 1. The monoisotopic (exact) mass is 203 g/mol. The number of hydrogen-bond acceptors (Lipinski definition) is 4. The van der Waals surface area contributed by atoms with Gasteiger partial charge in [0.2, 0.25) is 0 Å². The molecule has 76 valence electrons. The van der Waals surface area contributed by atoms with E-state index in [1.165, 1.54) is 25.0 Å². The van der Waals surface area contributed by atoms with Crippen molar-refractivity contribution in [3.63, 3.8) is 0 Å². The number of methoxy groups -OCH3 is 1. The smallest absolute Gasteiger partial charge is 0.309 e. The zero-order valence-electron chi connectivity index (χ0n) is 7.99. The predicted molar refractivity (Wildman–Crippen MR) is 54.6 cm³/mol. The van der Waals surface area contributed by atoms with Crippen molar-refractivity contribution in [2.45, 2.75) is 12.8 Å². The number of carbonyl (C=O) groups excluding carboxylic acids is 1. The van der Waals surface area contributed by atoms with Crippen LogP contribution in [0.5, 0.6) is 0 Å². The molecule has 1 aliphatic rings. The number of nitrogens with two attached hydrogens (primary N) is 1. The van der Waals surface area contributed by atoms with Crippen molar-refractivity contribution in [1.82, 2.24) is 0 Å². The van der Waals surface area contributed by atoms with Gasteiger partial charge in [-0.05, 0) is 30.3 Å². The quantitative estimate of drug-likeness (QED) is 0.689. The van der Waals surface area contributed by atoms with Gasteiger partial charge < -0.3 is 10.5 Å². The van der Waals surface area contributed by atoms with Crippen LogP contribution in [0.2, 0.25) is 0 Å². The van der Waals surface area contributed by atoms with E-state index in [4.69, 9.17) is 5.73 Å². The van der Waals surface area contributed by atoms with Gasteiger partial charge in [0.05, 0.1) is 13.0 Å². The summed E-state index contributed by atoms with van der Waals surface area (Å²) in [5.41, 5.74) is 5.52. The fourth-order valence-corrected chi connectivity index (χ4v) is 2.93. The molecule has 0 radical (unpaired) electrons. The Balaban J connectivity index is 2.33. The Kier molecular flexibility index (Phi) is 4.59. The summed E-state index contributed by atoms with van der Waals surface area (Å²) in [4.78, 5) is 11.2. The van der Waals surface area contributed by atoms with Crippen molar-refractivity contribution in [3.05, 3.63) is 0 Å². The maximum atomic E-state index is 11.2. The lowest BCUT2D eigenvalue weighted by atomic mass is 9.94. The van der Waals surface area contributed by atoms with Crippen molar-refractivity contribution in [2.75, 3.05) is 25.2 Å². The zero-order chi connectivity index (χ0) is 9.68. The zero-order valence-corrected chi connectivity index (χ0v) is 8.81. The highest BCUT2D eigenvalue weighted by Gasteiger charge is 2.24. The van der Waals surface area contributed by atoms with E-state index in [0.29, 0.717) is 12.5 Å². The fourth-order valence-electron chi connectivity index (χ4n) is 1.63. The highest BCUT2D eigenvalue weighted by atomic mass is 32.2. The number of thioether (sulfide) groups is 1. The average Bonchev–Trinajstić information content (AvgIpc) is 2.65. The molecule has 0 amide bonds. The third-order valence-corrected chi connectivity index (χ3v) is 3.69. The van der Waals surface area contributed by atoms with E-state index in [2.05, 4.69) is 4.74 Å². The minimum Gasteiger partial charge on any atom is -0.469 e. The van der Waals surface area contributed by atoms with Gasteiger partial charge in [-0.15, -0.1) is 0 Å². The summed E-state index contributed by atoms with van der Waals surface area (Å²) in [6, 6.07) is 0. The molecular formula is C9H17NO2S. The number of rotatable bonds is 4. The minimum atomic E-state index is -0.153. The van der Waals surface area contributed by atoms with Crippen molar-refractivity contribution in [3.8, 4) is 0 Å². The van der Waals surface area contributed by atoms with Gasteiger partial charge >= 0.3 is 5.97 Å². The molecule has 2 unspecified atom stereocenters. The van der Waals surface area contributed by atoms with Crippen molar-refractivity contribution >= 4 is 17.7 Å². The van der Waals surface area contributed by atoms with Gasteiger partial charge in [0.1, 0.15) is 0 Å². The van der Waals surface area contributed by atoms with Crippen LogP contribution in [0.1, 0.15) is 12.8 Å². The summed E-state index contributed by atoms with van der Waals surface area (Å²) in [7, 11) is 1.42. The van der Waals surface area contributed by atoms with Crippen LogP contribution < -0.4 is 5.73 Å². The second-order valence-electron chi connectivity index (χ2n) is 3.42. The first kappa shape index (κ1) is 10.9. The molecular weight excluding hydrogens is 186 g/mol. The second-order valence-corrected chi connectivity index (χ2v) is 4.57. The third kappa shape index (κ3) is 3.19. The Bertz CT molecular complexity index is 169. The van der Waals surface area contributed by atoms with Crippen LogP contribution >= 0.6 is 11.8 Å². The van der Waals surface area contributed by atoms with E-state index >= 15 is 0 Å². The summed E-state index contributed by atoms with van der Waals surface area (Å²) in [5, 5.41) is 0. The normalized spacial score (nSPS) is 24.3. The molecule has 1 heterocycles. The summed E-state index contributed by atoms with van der Waals surface area (Å²) in [5.74, 6) is 2.82. The van der Waals surface area contributed by atoms with Crippen molar-refractivity contribution in [1.29, 1.82) is 0 Å². The highest BCUT2D eigenvalue weighted by Crippen LogP contribution is 2.28. The van der Waals surface area contributed by atoms with E-state index in [1.807, 2.05) is 11.8 Å². The van der Waals surface area contributed by atoms with Crippen LogP contribution in [0.4, 0.5) is 0 Å². The lowest BCUT2D eigenvalue weighted by molar-refractivity contribution is -0.145. The van der Waals surface area contributed by atoms with Crippen molar-refractivity contribution in [2.24, 2.45) is 17.6 Å². The van der Waals surface area contributed by atoms with E-state index < -0.39 is 0 Å². The Hall–Kier alpha value is -0.220. The summed E-state index contributed by atoms with van der Waals surface area (Å²) >= 11 is 1.96. The molecule has 0 aromatic rings. The molecule has 1 rings (SSSR count). The molecule has 2 atom stereocenters. The molecule has 0 aliphatic carbocycles. The van der Waals surface area contributed by atoms with Gasteiger partial charge in [-0.1, -0.05) is 0 Å². The maximum absolute atomic E-state index is 11.2. The van der Waals surface area contributed by atoms with Gasteiger partial charge in [0.15, 0.2) is 0 Å². The summed E-state index contributed by atoms with van der Waals surface area (Å²) in [6.07, 6.45) is 2.12. The molecule has 0 bridgehead atoms. The topological polar surface area (TPSA) is 52.3 Å². The summed E-state index contributed by atoms with van der Waals surface area (Å²) < 4.78 is 4.69. The number of hydrogen-bond donors (Lipinski definition) is 1. The van der Waals surface area contributed by atoms with Crippen LogP contribution in [-0.4, -0.2) is 31.1 Å². The Morgan fingerprint density at radius 3 is 3.00 bits per heavy atom. The van der Waals surface area contributed by atoms with Gasteiger partial charge in [-0.25, -0.2) is 0 Å². The molecule has 2 N–H and O–H groups in total. The summed E-state index contributed by atoms with van der Waals surface area (Å²) in [6.45, 7) is 0.411. The van der Waals surface area contributed by atoms with E-state index in [9.17, 15) is 4.79 Å². The lowest BCUT2D eigenvalue weighted by Gasteiger charge is -2.15. The molecule has 0 saturated carbocycles. The van der Waals surface area contributed by atoms with Crippen LogP contribution in [-0.2, 0) is 9.53 Å². The van der Waals surface area contributed by atoms with Crippen molar-refractivity contribution < 1.29 is 9.53 Å². The molecule has 0 spiro atoms. The first-order chi connectivity index (χ1) is 6.27. The number of esters is 1. The maximum Gasteiger partial charge on any atom is 0.309 e. The van der Waals surface area contributed by atoms with Crippen LogP contribution in [0.3, 0.4) is 0 Å². The molecule has 0 aromatic carbocycles. The molecule has 1 aliphatic heterocycles. The first-order valence-corrected chi connectivity index (χ1v) is 5.79. The van der Waals surface area contributed by atoms with Gasteiger partial charge in [0, 0.05) is 6.54 Å². The van der Waals surface area contributed by atoms with E-state index in [-0.39, 0.29) is 11.9 Å². The molecule has 3 nitrogen and oxygen atoms in total. The van der Waals surface area contributed by atoms with Crippen LogP contribution in [0.15, 0.2) is 0 Å². The third-order valence-electron chi connectivity index (χ3n) is 2.46. The Morgan fingerprint density at radius 2 is 2.54 bits per heavy atom. The van der Waals surface area contributed by atoms with Crippen LogP contribution in [0.25, 0.3) is 0 Å². The largest absolute Gasteiger partial charge is 0.469 e. The molecule has 4 heteroatoms. The molecule has 0 aromatic heterocycles. The van der Waals surface area contributed by atoms with E-state index in [0.717, 1.165) is 6.42 Å². The highest BCUT2D eigenvalue weighted by molar-refractivity contribution is 7.99. The van der Waals surface area contributed by atoms with E-state index in [1.54, 1.807) is 0 Å². The first-order valence-electron chi connectivity index (χ1n) is 4.63. The van der Waals surface area contributed by atoms with Gasteiger partial charge in [-0.2, -0.15) is 11.8 Å². The van der Waals surface area contributed by atoms with Crippen LogP contribution in [0, 0.1) is 11.8 Å². The Labute approximate surface area is 83.4 Å². The van der Waals surface area contributed by atoms with Gasteiger partial charge in [-0.3, -0.25) is 4.79 Å². The SMILES string of the molecule is COC(=O)C(CN)CC1CCSC1. The number of carbonyl (C=O) groups is 1. The standard InChI is InChI=1S/C9H17NO2S/c1-12-9(11)8(5-10)4-7-2-3-13-6-7/h7-8H,2-6,10H2,1H3. The predicted octanol–water partition coefficient (Wildman–Crippen LogP) is 0.877. The van der Waals surface area contributed by atoms with Gasteiger partial charge in [0.25, 0.3) is 0 Å². The second kappa shape index (κ2) is 5.50. The fraction of sp³-hybridized carbons (Fsp3) is 0.889. The lowest BCUT2D eigenvalue weighted by Crippen LogP contribution is -2.27. The average molecular weight is 203 g/mol. The molecule has 1 fully saturated rings. The molecule has 13 heavy (non-hydrogen) atoms. The Morgan fingerprint density at radius 1 is 1.77 bits per heavy atom.